The van der Waals surface area contributed by atoms with Gasteiger partial charge in [-0.15, -0.1) is 0 Å². The van der Waals surface area contributed by atoms with Gasteiger partial charge in [0, 0.05) is 44.9 Å². The van der Waals surface area contributed by atoms with Gasteiger partial charge in [0.15, 0.2) is 24.2 Å². The summed E-state index contributed by atoms with van der Waals surface area (Å²) in [5, 5.41) is 18.3. The highest BCUT2D eigenvalue weighted by Crippen LogP contribution is 2.47. The average molecular weight is 1440 g/mol. The van der Waals surface area contributed by atoms with Gasteiger partial charge in [-0.1, -0.05) is 388 Å². The van der Waals surface area contributed by atoms with Gasteiger partial charge in [-0.2, -0.15) is 0 Å². The highest BCUT2D eigenvalue weighted by molar-refractivity contribution is 7.21. The van der Waals surface area contributed by atoms with Crippen molar-refractivity contribution in [2.75, 3.05) is 9.80 Å². The second-order valence-electron chi connectivity index (χ2n) is 28.9. The van der Waals surface area contributed by atoms with E-state index >= 15 is 0 Å². The first-order valence-corrected chi connectivity index (χ1v) is 43.9. The summed E-state index contributed by atoms with van der Waals surface area (Å²) in [6.07, 6.45) is 0. The molecule has 512 valence electrons. The molecule has 0 bridgehead atoms. The van der Waals surface area contributed by atoms with Crippen molar-refractivity contribution >= 4 is 165 Å². The Morgan fingerprint density at radius 1 is 0.183 bits per heavy atom. The van der Waals surface area contributed by atoms with E-state index in [0.29, 0.717) is 0 Å². The van der Waals surface area contributed by atoms with E-state index in [4.69, 9.17) is 0 Å². The number of para-hydroxylation sites is 2. The summed E-state index contributed by atoms with van der Waals surface area (Å²) in [6.45, 7) is -0.309. The molecule has 0 saturated heterocycles. The van der Waals surface area contributed by atoms with Gasteiger partial charge in [-0.3, -0.25) is 0 Å². The van der Waals surface area contributed by atoms with Gasteiger partial charge in [0.1, 0.15) is 0 Å². The maximum atomic E-state index is 2.71. The molecular formula is C102H74BN3Si3. The summed E-state index contributed by atoms with van der Waals surface area (Å²) in [7, 11) is -9.54. The first-order chi connectivity index (χ1) is 54.1. The summed E-state index contributed by atoms with van der Waals surface area (Å²) in [5.41, 5.74) is 16.2. The minimum atomic E-state index is -3.22. The minimum Gasteiger partial charge on any atom is -0.311 e. The van der Waals surface area contributed by atoms with E-state index in [1.807, 2.05) is 0 Å². The van der Waals surface area contributed by atoms with Gasteiger partial charge >= 0.3 is 0 Å². The van der Waals surface area contributed by atoms with E-state index in [0.717, 1.165) is 56.4 Å². The second-order valence-corrected chi connectivity index (χ2v) is 40.4. The minimum absolute atomic E-state index is 0.309. The van der Waals surface area contributed by atoms with Crippen LogP contribution < -0.4 is 88.4 Å². The van der Waals surface area contributed by atoms with Gasteiger partial charge in [0.2, 0.25) is 0 Å². The second kappa shape index (κ2) is 27.3. The fourth-order valence-corrected chi connectivity index (χ4v) is 33.2. The molecule has 7 heteroatoms. The van der Waals surface area contributed by atoms with E-state index in [1.54, 1.807) is 0 Å². The first-order valence-electron chi connectivity index (χ1n) is 37.9. The Morgan fingerprint density at radius 2 is 0.468 bits per heavy atom. The van der Waals surface area contributed by atoms with E-state index in [9.17, 15) is 0 Å². The zero-order valence-corrected chi connectivity index (χ0v) is 63.1. The lowest BCUT2D eigenvalue weighted by Crippen LogP contribution is -2.76. The van der Waals surface area contributed by atoms with Crippen molar-refractivity contribution in [1.82, 2.24) is 4.57 Å². The molecule has 3 nitrogen and oxygen atoms in total. The van der Waals surface area contributed by atoms with Crippen LogP contribution in [0.25, 0.3) is 38.6 Å². The van der Waals surface area contributed by atoms with Crippen LogP contribution in [0.2, 0.25) is 0 Å². The van der Waals surface area contributed by atoms with Crippen LogP contribution in [0.15, 0.2) is 449 Å². The number of benzene rings is 17. The molecule has 0 amide bonds. The number of nitrogens with zero attached hydrogens (tertiary/aromatic N) is 3. The number of rotatable bonds is 16. The van der Waals surface area contributed by atoms with Crippen LogP contribution in [0.1, 0.15) is 0 Å². The van der Waals surface area contributed by atoms with Crippen molar-refractivity contribution in [2.24, 2.45) is 0 Å². The van der Waals surface area contributed by atoms with Crippen LogP contribution in [-0.4, -0.2) is 35.5 Å². The molecule has 0 atom stereocenters. The van der Waals surface area contributed by atoms with Crippen LogP contribution in [-0.2, 0) is 0 Å². The van der Waals surface area contributed by atoms with Crippen molar-refractivity contribution in [3.8, 4) is 16.8 Å². The number of hydrogen-bond acceptors (Lipinski definition) is 2. The van der Waals surface area contributed by atoms with Crippen molar-refractivity contribution in [1.29, 1.82) is 0 Å². The summed E-state index contributed by atoms with van der Waals surface area (Å²) in [6, 6.07) is 172. The third-order valence-corrected chi connectivity index (χ3v) is 37.7. The SMILES string of the molecule is c1ccc(-c2ccc(N3c4ccc([Si](c5ccccc5)(c5ccccc5)c5ccccc5)cc4B4c5cc([Si](c6ccccc6)(c6ccccc6)c6ccccc6)ccc5N(c5cccc([Si](c6ccccc6)(c6ccccc6)c6ccccc6)c5)c5cc(-n6c7ccccc7c7ccccc76)cc3c54)cc2)cc1. The molecule has 0 fully saturated rings. The van der Waals surface area contributed by atoms with Gasteiger partial charge in [-0.25, -0.2) is 0 Å². The molecular weight excluding hydrogens is 1360 g/mol. The third-order valence-electron chi connectivity index (χ3n) is 23.4. The van der Waals surface area contributed by atoms with Gasteiger partial charge in [0.25, 0.3) is 6.71 Å². The molecule has 0 N–H and O–H groups in total. The maximum absolute atomic E-state index is 3.22. The van der Waals surface area contributed by atoms with E-state index in [2.05, 4.69) is 463 Å². The Bertz CT molecular complexity index is 5990. The van der Waals surface area contributed by atoms with Gasteiger partial charge in [0.05, 0.1) is 16.7 Å². The summed E-state index contributed by atoms with van der Waals surface area (Å²) < 4.78 is 2.54. The molecule has 0 aliphatic carbocycles. The Hall–Kier alpha value is -13.1. The van der Waals surface area contributed by atoms with Gasteiger partial charge < -0.3 is 14.4 Å². The van der Waals surface area contributed by atoms with Crippen LogP contribution in [0.3, 0.4) is 0 Å². The number of aromatic nitrogens is 1. The monoisotopic (exact) mass is 1440 g/mol. The van der Waals surface area contributed by atoms with Crippen molar-refractivity contribution in [3.63, 3.8) is 0 Å². The lowest BCUT2D eigenvalue weighted by Gasteiger charge is -2.46. The lowest BCUT2D eigenvalue weighted by molar-refractivity contribution is 1.16. The van der Waals surface area contributed by atoms with Crippen LogP contribution in [0.4, 0.5) is 34.1 Å². The number of fused-ring (bicyclic) bond motifs is 7. The average Bonchev–Trinajstić information content (AvgIpc) is 1.10. The van der Waals surface area contributed by atoms with E-state index in [1.165, 1.54) is 95.0 Å². The standard InChI is InChI=1S/C102H74BN3Si3/c1-11-36-75(37-12-1)76-62-64-77(65-63-76)104-98-68-66-90(108(83-45-19-5-20-46-83,84-47-21-6-22-48-84)85-49-23-7-24-50-85)73-94(98)103-95-74-91(109(86-51-25-8-26-52-86,87-53-27-9-28-54-87)88-55-29-10-30-56-88)67-69-99(95)105(101-72-79(71-100(104)102(101)103)106-96-60-33-31-58-92(96)93-59-32-34-61-97(93)106)78-38-35-57-89(70-78)107(80-39-13-2-14-40-80,81-41-15-3-16-42-81)82-43-17-4-18-44-82/h1-74H. The van der Waals surface area contributed by atoms with Crippen molar-refractivity contribution < 1.29 is 0 Å². The molecule has 2 aliphatic heterocycles. The van der Waals surface area contributed by atoms with Crippen molar-refractivity contribution in [3.05, 3.63) is 449 Å². The van der Waals surface area contributed by atoms with Gasteiger partial charge in [-0.05, 0) is 150 Å². The smallest absolute Gasteiger partial charge is 0.252 e. The van der Waals surface area contributed by atoms with Crippen LogP contribution in [0.5, 0.6) is 0 Å². The van der Waals surface area contributed by atoms with E-state index < -0.39 is 24.2 Å². The largest absolute Gasteiger partial charge is 0.311 e. The molecule has 0 spiro atoms. The van der Waals surface area contributed by atoms with E-state index in [-0.39, 0.29) is 6.71 Å². The molecule has 20 rings (SSSR count). The predicted molar refractivity (Wildman–Crippen MR) is 471 cm³/mol. The summed E-state index contributed by atoms with van der Waals surface area (Å²) in [5.74, 6) is 0. The highest BCUT2D eigenvalue weighted by atomic mass is 28.3. The van der Waals surface area contributed by atoms with Crippen molar-refractivity contribution in [2.45, 2.75) is 0 Å². The molecule has 17 aromatic carbocycles. The molecule has 0 saturated carbocycles. The highest BCUT2D eigenvalue weighted by Gasteiger charge is 2.50. The molecule has 109 heavy (non-hydrogen) atoms. The lowest BCUT2D eigenvalue weighted by atomic mass is 9.33. The Kier molecular flexibility index (Phi) is 16.4. The zero-order chi connectivity index (χ0) is 72.3. The topological polar surface area (TPSA) is 11.4 Å². The fourth-order valence-electron chi connectivity index (χ4n) is 18.8. The molecule has 3 heterocycles. The summed E-state index contributed by atoms with van der Waals surface area (Å²) in [4.78, 5) is 5.32. The van der Waals surface area contributed by atoms with Crippen LogP contribution >= 0.6 is 0 Å². The molecule has 18 aromatic rings. The molecule has 0 radical (unpaired) electrons. The number of anilines is 6. The predicted octanol–water partition coefficient (Wildman–Crippen LogP) is 14.7. The first kappa shape index (κ1) is 65.4. The molecule has 1 aromatic heterocycles. The zero-order valence-electron chi connectivity index (χ0n) is 60.1. The quantitative estimate of drug-likeness (QED) is 0.0706. The maximum Gasteiger partial charge on any atom is 0.252 e. The fraction of sp³-hybridized carbons (Fsp3) is 0. The normalized spacial score (nSPS) is 12.5. The molecule has 2 aliphatic rings. The Balaban J connectivity index is 0.958. The summed E-state index contributed by atoms with van der Waals surface area (Å²) >= 11 is 0. The number of hydrogen-bond donors (Lipinski definition) is 0. The third kappa shape index (κ3) is 10.5. The molecule has 0 unspecified atom stereocenters. The Morgan fingerprint density at radius 3 is 0.817 bits per heavy atom. The Labute approximate surface area is 641 Å². The van der Waals surface area contributed by atoms with Crippen LogP contribution in [0, 0.1) is 0 Å².